The number of hydrogen-bond acceptors (Lipinski definition) is 3. The van der Waals surface area contributed by atoms with Crippen LogP contribution in [0.5, 0.6) is 0 Å². The third kappa shape index (κ3) is 2.76. The van der Waals surface area contributed by atoms with Crippen LogP contribution in [0.3, 0.4) is 0 Å². The molecule has 0 spiro atoms. The molecule has 0 aliphatic rings. The van der Waals surface area contributed by atoms with Crippen molar-refractivity contribution in [1.82, 2.24) is 9.78 Å². The largest absolute Gasteiger partial charge is 0.476 e. The number of rotatable bonds is 4. The lowest BCUT2D eigenvalue weighted by Gasteiger charge is -2.10. The molecule has 2 aromatic rings. The highest BCUT2D eigenvalue weighted by Crippen LogP contribution is 2.23. The van der Waals surface area contributed by atoms with Crippen molar-refractivity contribution in [3.8, 4) is 0 Å². The SMILES string of the molecule is CC(C)c1cccc(Nc2cnn(C)c2C(=O)O)c1. The summed E-state index contributed by atoms with van der Waals surface area (Å²) < 4.78 is 1.34. The predicted octanol–water partition coefficient (Wildman–Crippen LogP) is 2.99. The van der Waals surface area contributed by atoms with Gasteiger partial charge in [-0.1, -0.05) is 26.0 Å². The molecular formula is C14H17N3O2. The lowest BCUT2D eigenvalue weighted by Crippen LogP contribution is -2.08. The van der Waals surface area contributed by atoms with Gasteiger partial charge < -0.3 is 10.4 Å². The van der Waals surface area contributed by atoms with Crippen molar-refractivity contribution in [2.24, 2.45) is 7.05 Å². The van der Waals surface area contributed by atoms with Crippen LogP contribution in [0.4, 0.5) is 11.4 Å². The molecule has 1 aromatic carbocycles. The molecule has 2 N–H and O–H groups in total. The van der Waals surface area contributed by atoms with E-state index in [0.717, 1.165) is 5.69 Å². The maximum Gasteiger partial charge on any atom is 0.356 e. The van der Waals surface area contributed by atoms with Gasteiger partial charge >= 0.3 is 5.97 Å². The quantitative estimate of drug-likeness (QED) is 0.885. The highest BCUT2D eigenvalue weighted by molar-refractivity contribution is 5.93. The molecule has 100 valence electrons. The summed E-state index contributed by atoms with van der Waals surface area (Å²) in [6, 6.07) is 7.93. The summed E-state index contributed by atoms with van der Waals surface area (Å²) in [6.07, 6.45) is 1.52. The van der Waals surface area contributed by atoms with Gasteiger partial charge in [0.25, 0.3) is 0 Å². The van der Waals surface area contributed by atoms with E-state index in [0.29, 0.717) is 11.6 Å². The van der Waals surface area contributed by atoms with Crippen LogP contribution in [0, 0.1) is 0 Å². The van der Waals surface area contributed by atoms with Gasteiger partial charge in [0.1, 0.15) is 0 Å². The van der Waals surface area contributed by atoms with Crippen LogP contribution in [-0.2, 0) is 7.05 Å². The van der Waals surface area contributed by atoms with Crippen molar-refractivity contribution in [3.05, 3.63) is 41.7 Å². The Morgan fingerprint density at radius 2 is 2.16 bits per heavy atom. The molecule has 0 unspecified atom stereocenters. The highest BCUT2D eigenvalue weighted by atomic mass is 16.4. The molecule has 0 amide bonds. The summed E-state index contributed by atoms with van der Waals surface area (Å²) in [4.78, 5) is 11.2. The van der Waals surface area contributed by atoms with Crippen LogP contribution in [0.1, 0.15) is 35.8 Å². The molecule has 1 aromatic heterocycles. The van der Waals surface area contributed by atoms with Crippen LogP contribution in [0.25, 0.3) is 0 Å². The molecule has 1 heterocycles. The Balaban J connectivity index is 2.31. The van der Waals surface area contributed by atoms with E-state index in [-0.39, 0.29) is 5.69 Å². The Morgan fingerprint density at radius 3 is 2.79 bits per heavy atom. The molecule has 0 radical (unpaired) electrons. The lowest BCUT2D eigenvalue weighted by atomic mass is 10.0. The van der Waals surface area contributed by atoms with Gasteiger partial charge in [0, 0.05) is 12.7 Å². The normalized spacial score (nSPS) is 10.7. The number of benzene rings is 1. The first-order valence-corrected chi connectivity index (χ1v) is 6.11. The van der Waals surface area contributed by atoms with Crippen LogP contribution < -0.4 is 5.32 Å². The van der Waals surface area contributed by atoms with Crippen molar-refractivity contribution in [2.75, 3.05) is 5.32 Å². The summed E-state index contributed by atoms with van der Waals surface area (Å²) in [5.74, 6) is -0.572. The average molecular weight is 259 g/mol. The van der Waals surface area contributed by atoms with E-state index in [1.807, 2.05) is 18.2 Å². The number of nitrogens with zero attached hydrogens (tertiary/aromatic N) is 2. The first kappa shape index (κ1) is 13.1. The Bertz CT molecular complexity index is 602. The fourth-order valence-corrected chi connectivity index (χ4v) is 1.91. The van der Waals surface area contributed by atoms with Gasteiger partial charge in [-0.05, 0) is 23.6 Å². The van der Waals surface area contributed by atoms with E-state index >= 15 is 0 Å². The smallest absolute Gasteiger partial charge is 0.356 e. The average Bonchev–Trinajstić information content (AvgIpc) is 2.70. The molecule has 0 aliphatic heterocycles. The van der Waals surface area contributed by atoms with Crippen molar-refractivity contribution < 1.29 is 9.90 Å². The van der Waals surface area contributed by atoms with E-state index in [4.69, 9.17) is 5.11 Å². The minimum Gasteiger partial charge on any atom is -0.476 e. The number of hydrogen-bond donors (Lipinski definition) is 2. The zero-order valence-corrected chi connectivity index (χ0v) is 11.2. The van der Waals surface area contributed by atoms with Gasteiger partial charge in [-0.25, -0.2) is 4.79 Å². The van der Waals surface area contributed by atoms with E-state index in [2.05, 4.69) is 30.3 Å². The standard InChI is InChI=1S/C14H17N3O2/c1-9(2)10-5-4-6-11(7-10)16-12-8-15-17(3)13(12)14(18)19/h4-9,16H,1-3H3,(H,18,19). The van der Waals surface area contributed by atoms with Gasteiger partial charge in [-0.15, -0.1) is 0 Å². The van der Waals surface area contributed by atoms with E-state index in [9.17, 15) is 4.79 Å². The number of carboxylic acids is 1. The first-order valence-electron chi connectivity index (χ1n) is 6.11. The van der Waals surface area contributed by atoms with Crippen molar-refractivity contribution in [1.29, 1.82) is 0 Å². The van der Waals surface area contributed by atoms with Crippen molar-refractivity contribution in [3.63, 3.8) is 0 Å². The molecule has 0 atom stereocenters. The maximum absolute atomic E-state index is 11.2. The summed E-state index contributed by atoms with van der Waals surface area (Å²) in [7, 11) is 1.61. The maximum atomic E-state index is 11.2. The van der Waals surface area contributed by atoms with E-state index < -0.39 is 5.97 Å². The first-order chi connectivity index (χ1) is 8.99. The number of aromatic carboxylic acids is 1. The second kappa shape index (κ2) is 5.14. The molecule has 0 bridgehead atoms. The number of aryl methyl sites for hydroxylation is 1. The zero-order valence-electron chi connectivity index (χ0n) is 11.2. The zero-order chi connectivity index (χ0) is 14.0. The number of carboxylic acid groups (broad SMARTS) is 1. The minimum atomic E-state index is -0.998. The van der Waals surface area contributed by atoms with Crippen LogP contribution in [-0.4, -0.2) is 20.9 Å². The van der Waals surface area contributed by atoms with Gasteiger partial charge in [-0.2, -0.15) is 5.10 Å². The number of nitrogens with one attached hydrogen (secondary N) is 1. The molecule has 0 saturated heterocycles. The number of anilines is 2. The predicted molar refractivity (Wildman–Crippen MR) is 74.0 cm³/mol. The molecule has 19 heavy (non-hydrogen) atoms. The van der Waals surface area contributed by atoms with E-state index in [1.165, 1.54) is 16.4 Å². The van der Waals surface area contributed by atoms with Crippen LogP contribution in [0.2, 0.25) is 0 Å². The molecule has 2 rings (SSSR count). The highest BCUT2D eigenvalue weighted by Gasteiger charge is 2.15. The minimum absolute atomic E-state index is 0.148. The lowest BCUT2D eigenvalue weighted by molar-refractivity contribution is 0.0686. The molecule has 0 saturated carbocycles. The molecule has 0 aliphatic carbocycles. The summed E-state index contributed by atoms with van der Waals surface area (Å²) in [5, 5.41) is 16.2. The van der Waals surface area contributed by atoms with Crippen LogP contribution in [0.15, 0.2) is 30.5 Å². The van der Waals surface area contributed by atoms with Gasteiger partial charge in [0.15, 0.2) is 5.69 Å². The van der Waals surface area contributed by atoms with Gasteiger partial charge in [0.2, 0.25) is 0 Å². The molecule has 5 nitrogen and oxygen atoms in total. The Kier molecular flexibility index (Phi) is 3.55. The Morgan fingerprint density at radius 1 is 1.42 bits per heavy atom. The summed E-state index contributed by atoms with van der Waals surface area (Å²) in [5.41, 5.74) is 2.71. The molecule has 5 heteroatoms. The summed E-state index contributed by atoms with van der Waals surface area (Å²) >= 11 is 0. The van der Waals surface area contributed by atoms with Crippen molar-refractivity contribution >= 4 is 17.3 Å². The summed E-state index contributed by atoms with van der Waals surface area (Å²) in [6.45, 7) is 4.23. The van der Waals surface area contributed by atoms with Gasteiger partial charge in [0.05, 0.1) is 11.9 Å². The molecule has 0 fully saturated rings. The van der Waals surface area contributed by atoms with Crippen molar-refractivity contribution in [2.45, 2.75) is 19.8 Å². The second-order valence-electron chi connectivity index (χ2n) is 4.74. The fourth-order valence-electron chi connectivity index (χ4n) is 1.91. The Hall–Kier alpha value is -2.30. The third-order valence-corrected chi connectivity index (χ3v) is 2.97. The number of carbonyl (C=O) groups is 1. The Labute approximate surface area is 111 Å². The molecular weight excluding hydrogens is 242 g/mol. The van der Waals surface area contributed by atoms with E-state index in [1.54, 1.807) is 7.05 Å². The monoisotopic (exact) mass is 259 g/mol. The third-order valence-electron chi connectivity index (χ3n) is 2.97. The topological polar surface area (TPSA) is 67.2 Å². The fraction of sp³-hybridized carbons (Fsp3) is 0.286. The van der Waals surface area contributed by atoms with Gasteiger partial charge in [-0.3, -0.25) is 4.68 Å². The second-order valence-corrected chi connectivity index (χ2v) is 4.74. The number of aromatic nitrogens is 2. The van der Waals surface area contributed by atoms with Crippen LogP contribution >= 0.6 is 0 Å².